The lowest BCUT2D eigenvalue weighted by molar-refractivity contribution is -0.134. The van der Waals surface area contributed by atoms with Crippen LogP contribution in [0.15, 0.2) is 16.9 Å². The van der Waals surface area contributed by atoms with Crippen molar-refractivity contribution in [2.75, 3.05) is 7.05 Å². The number of aryl methyl sites for hydroxylation is 2. The molecule has 1 aliphatic rings. The number of carbonyl (C=O) groups is 2. The van der Waals surface area contributed by atoms with Crippen LogP contribution in [0.25, 0.3) is 0 Å². The smallest absolute Gasteiger partial charge is 0.287 e. The van der Waals surface area contributed by atoms with Gasteiger partial charge in [-0.25, -0.2) is 4.98 Å². The van der Waals surface area contributed by atoms with E-state index in [-0.39, 0.29) is 17.6 Å². The van der Waals surface area contributed by atoms with Gasteiger partial charge in [0.1, 0.15) is 5.76 Å². The predicted octanol–water partition coefficient (Wildman–Crippen LogP) is 0.542. The van der Waals surface area contributed by atoms with Gasteiger partial charge in [0, 0.05) is 30.9 Å². The van der Waals surface area contributed by atoms with E-state index < -0.39 is 18.1 Å². The standard InChI is InChI=1S/C17H23N5O4/c1-9-12(10(2)26-21-9)8-22(3)17(25)11-6-13(14(23)7-11)20-16(24)15-18-4-5-19-15/h4-5,11,13-14,23H,6-8H2,1-3H3,(H,18,19)(H,20,24)/t11-,13+,14+/m0/s1. The number of hydrogen-bond acceptors (Lipinski definition) is 6. The largest absolute Gasteiger partial charge is 0.391 e. The minimum atomic E-state index is -0.768. The molecule has 9 nitrogen and oxygen atoms in total. The molecule has 3 N–H and O–H groups in total. The molecule has 0 unspecified atom stereocenters. The fraction of sp³-hybridized carbons (Fsp3) is 0.529. The quantitative estimate of drug-likeness (QED) is 0.714. The number of rotatable bonds is 5. The van der Waals surface area contributed by atoms with Gasteiger partial charge in [0.2, 0.25) is 5.91 Å². The van der Waals surface area contributed by atoms with Crippen molar-refractivity contribution in [3.05, 3.63) is 35.2 Å². The second kappa shape index (κ2) is 7.28. The average molecular weight is 361 g/mol. The number of amides is 2. The van der Waals surface area contributed by atoms with Crippen molar-refractivity contribution in [3.63, 3.8) is 0 Å². The molecule has 0 spiro atoms. The monoisotopic (exact) mass is 361 g/mol. The van der Waals surface area contributed by atoms with Gasteiger partial charge in [-0.2, -0.15) is 0 Å². The predicted molar refractivity (Wildman–Crippen MR) is 91.0 cm³/mol. The molecule has 0 radical (unpaired) electrons. The van der Waals surface area contributed by atoms with Crippen LogP contribution in [0.4, 0.5) is 0 Å². The first-order chi connectivity index (χ1) is 12.4. The number of aromatic amines is 1. The third-order valence-corrected chi connectivity index (χ3v) is 4.86. The Balaban J connectivity index is 1.59. The maximum atomic E-state index is 12.7. The summed E-state index contributed by atoms with van der Waals surface area (Å²) in [6.45, 7) is 4.05. The van der Waals surface area contributed by atoms with Crippen LogP contribution in [0.3, 0.4) is 0 Å². The highest BCUT2D eigenvalue weighted by Gasteiger charge is 2.39. The van der Waals surface area contributed by atoms with E-state index in [0.717, 1.165) is 11.3 Å². The summed E-state index contributed by atoms with van der Waals surface area (Å²) in [7, 11) is 1.72. The van der Waals surface area contributed by atoms with Crippen molar-refractivity contribution in [2.45, 2.75) is 45.4 Å². The van der Waals surface area contributed by atoms with Crippen molar-refractivity contribution in [3.8, 4) is 0 Å². The zero-order valence-corrected chi connectivity index (χ0v) is 15.0. The summed E-state index contributed by atoms with van der Waals surface area (Å²) >= 11 is 0. The lowest BCUT2D eigenvalue weighted by atomic mass is 10.1. The first-order valence-corrected chi connectivity index (χ1v) is 8.51. The fourth-order valence-electron chi connectivity index (χ4n) is 3.35. The van der Waals surface area contributed by atoms with Crippen molar-refractivity contribution < 1.29 is 19.2 Å². The van der Waals surface area contributed by atoms with Crippen LogP contribution in [-0.2, 0) is 11.3 Å². The zero-order chi connectivity index (χ0) is 18.8. The van der Waals surface area contributed by atoms with Crippen LogP contribution in [0.2, 0.25) is 0 Å². The molecule has 2 aromatic heterocycles. The number of nitrogens with one attached hydrogen (secondary N) is 2. The van der Waals surface area contributed by atoms with Gasteiger partial charge < -0.3 is 24.8 Å². The van der Waals surface area contributed by atoms with Crippen molar-refractivity contribution in [2.24, 2.45) is 5.92 Å². The molecule has 0 aliphatic heterocycles. The highest BCUT2D eigenvalue weighted by molar-refractivity contribution is 5.90. The number of aliphatic hydroxyl groups is 1. The van der Waals surface area contributed by atoms with E-state index >= 15 is 0 Å². The summed E-state index contributed by atoms with van der Waals surface area (Å²) in [5.41, 5.74) is 1.65. The molecule has 140 valence electrons. The van der Waals surface area contributed by atoms with Gasteiger partial charge in [-0.15, -0.1) is 0 Å². The number of nitrogens with zero attached hydrogens (tertiary/aromatic N) is 3. The molecule has 9 heteroatoms. The second-order valence-electron chi connectivity index (χ2n) is 6.75. The molecule has 1 saturated carbocycles. The maximum absolute atomic E-state index is 12.7. The molecule has 26 heavy (non-hydrogen) atoms. The van der Waals surface area contributed by atoms with E-state index in [2.05, 4.69) is 20.4 Å². The van der Waals surface area contributed by atoms with Gasteiger partial charge in [0.25, 0.3) is 5.91 Å². The number of H-pyrrole nitrogens is 1. The van der Waals surface area contributed by atoms with Crippen LogP contribution in [0.5, 0.6) is 0 Å². The van der Waals surface area contributed by atoms with E-state index in [9.17, 15) is 14.7 Å². The number of imidazole rings is 1. The van der Waals surface area contributed by atoms with E-state index in [4.69, 9.17) is 4.52 Å². The molecular formula is C17H23N5O4. The second-order valence-corrected chi connectivity index (χ2v) is 6.75. The Morgan fingerprint density at radius 1 is 1.42 bits per heavy atom. The van der Waals surface area contributed by atoms with Crippen LogP contribution < -0.4 is 5.32 Å². The summed E-state index contributed by atoms with van der Waals surface area (Å²) in [5, 5.41) is 16.9. The van der Waals surface area contributed by atoms with Crippen LogP contribution in [-0.4, -0.2) is 56.1 Å². The number of hydrogen-bond donors (Lipinski definition) is 3. The summed E-state index contributed by atoms with van der Waals surface area (Å²) in [6, 6.07) is -0.478. The van der Waals surface area contributed by atoms with E-state index in [1.807, 2.05) is 13.8 Å². The Hall–Kier alpha value is -2.68. The molecule has 2 amide bonds. The van der Waals surface area contributed by atoms with Crippen LogP contribution >= 0.6 is 0 Å². The highest BCUT2D eigenvalue weighted by atomic mass is 16.5. The number of carbonyl (C=O) groups excluding carboxylic acids is 2. The summed E-state index contributed by atoms with van der Waals surface area (Å²) in [5.74, 6) is 0.0621. The average Bonchev–Trinajstić information content (AvgIpc) is 3.32. The molecule has 1 fully saturated rings. The number of aliphatic hydroxyl groups excluding tert-OH is 1. The van der Waals surface area contributed by atoms with Crippen molar-refractivity contribution >= 4 is 11.8 Å². The normalized spacial score (nSPS) is 22.4. The van der Waals surface area contributed by atoms with Gasteiger partial charge >= 0.3 is 0 Å². The van der Waals surface area contributed by atoms with Crippen molar-refractivity contribution in [1.29, 1.82) is 0 Å². The summed E-state index contributed by atoms with van der Waals surface area (Å²) in [4.78, 5) is 33.0. The Morgan fingerprint density at radius 3 is 2.81 bits per heavy atom. The van der Waals surface area contributed by atoms with E-state index in [1.165, 1.54) is 6.20 Å². The Kier molecular flexibility index (Phi) is 5.08. The number of aromatic nitrogens is 3. The van der Waals surface area contributed by atoms with Gasteiger partial charge in [-0.05, 0) is 26.7 Å². The Labute approximate surface area is 150 Å². The lowest BCUT2D eigenvalue weighted by Crippen LogP contribution is -2.40. The van der Waals surface area contributed by atoms with Gasteiger partial charge in [0.05, 0.1) is 24.4 Å². The SMILES string of the molecule is Cc1noc(C)c1CN(C)C(=O)[C@@H]1C[C@@H](O)[C@H](NC(=O)c2ncc[nH]2)C1. The molecule has 0 bridgehead atoms. The Morgan fingerprint density at radius 2 is 2.19 bits per heavy atom. The lowest BCUT2D eigenvalue weighted by Gasteiger charge is -2.21. The molecule has 0 saturated heterocycles. The third-order valence-electron chi connectivity index (χ3n) is 4.86. The van der Waals surface area contributed by atoms with Crippen molar-refractivity contribution in [1.82, 2.24) is 25.3 Å². The first-order valence-electron chi connectivity index (χ1n) is 8.51. The molecule has 2 heterocycles. The Bertz CT molecular complexity index is 766. The van der Waals surface area contributed by atoms with Crippen LogP contribution in [0, 0.1) is 19.8 Å². The molecular weight excluding hydrogens is 338 g/mol. The fourth-order valence-corrected chi connectivity index (χ4v) is 3.35. The molecule has 3 rings (SSSR count). The zero-order valence-electron chi connectivity index (χ0n) is 15.0. The van der Waals surface area contributed by atoms with Gasteiger partial charge in [0.15, 0.2) is 5.82 Å². The third kappa shape index (κ3) is 3.62. The summed E-state index contributed by atoms with van der Waals surface area (Å²) < 4.78 is 5.13. The molecule has 0 aromatic carbocycles. The van der Waals surface area contributed by atoms with Crippen LogP contribution in [0.1, 0.15) is 40.5 Å². The maximum Gasteiger partial charge on any atom is 0.287 e. The van der Waals surface area contributed by atoms with Gasteiger partial charge in [-0.1, -0.05) is 5.16 Å². The van der Waals surface area contributed by atoms with Gasteiger partial charge in [-0.3, -0.25) is 9.59 Å². The minimum Gasteiger partial charge on any atom is -0.391 e. The first kappa shape index (κ1) is 18.1. The van der Waals surface area contributed by atoms with E-state index in [0.29, 0.717) is 25.1 Å². The van der Waals surface area contributed by atoms with E-state index in [1.54, 1.807) is 18.1 Å². The minimum absolute atomic E-state index is 0.0706. The highest BCUT2D eigenvalue weighted by Crippen LogP contribution is 2.28. The molecule has 2 aromatic rings. The molecule has 3 atom stereocenters. The summed E-state index contributed by atoms with van der Waals surface area (Å²) in [6.07, 6.45) is 2.97. The molecule has 1 aliphatic carbocycles. The topological polar surface area (TPSA) is 124 Å².